The van der Waals surface area contributed by atoms with E-state index >= 15 is 0 Å². The minimum absolute atomic E-state index is 0.137. The van der Waals surface area contributed by atoms with Crippen LogP contribution in [0.25, 0.3) is 0 Å². The Morgan fingerprint density at radius 2 is 2.06 bits per heavy atom. The van der Waals surface area contributed by atoms with Crippen molar-refractivity contribution in [3.63, 3.8) is 0 Å². The molecule has 1 atom stereocenters. The van der Waals surface area contributed by atoms with Crippen LogP contribution in [0, 0.1) is 0 Å². The molecular formula is C12H19ClN2O. The molecule has 0 aromatic heterocycles. The van der Waals surface area contributed by atoms with Gasteiger partial charge in [0.25, 0.3) is 0 Å². The summed E-state index contributed by atoms with van der Waals surface area (Å²) in [6.07, 6.45) is 0.823. The molecule has 1 aromatic rings. The van der Waals surface area contributed by atoms with E-state index in [2.05, 4.69) is 4.90 Å². The van der Waals surface area contributed by atoms with Gasteiger partial charge in [0.2, 0.25) is 0 Å². The molecule has 0 fully saturated rings. The van der Waals surface area contributed by atoms with Gasteiger partial charge in [-0.25, -0.2) is 0 Å². The first kappa shape index (κ1) is 13.3. The molecule has 1 rings (SSSR count). The Morgan fingerprint density at radius 3 is 2.69 bits per heavy atom. The topological polar surface area (TPSA) is 38.5 Å². The van der Waals surface area contributed by atoms with Crippen LogP contribution in [0.15, 0.2) is 24.3 Å². The normalized spacial score (nSPS) is 12.8. The second-order valence-electron chi connectivity index (χ2n) is 4.09. The summed E-state index contributed by atoms with van der Waals surface area (Å²) in [5, 5.41) is 0.642. The predicted molar refractivity (Wildman–Crippen MR) is 68.1 cm³/mol. The highest BCUT2D eigenvalue weighted by atomic mass is 35.5. The highest BCUT2D eigenvalue weighted by molar-refractivity contribution is 6.32. The minimum Gasteiger partial charge on any atom is -0.492 e. The number of halogens is 1. The predicted octanol–water partition coefficient (Wildman–Crippen LogP) is 2.00. The summed E-state index contributed by atoms with van der Waals surface area (Å²) >= 11 is 5.96. The lowest BCUT2D eigenvalue weighted by molar-refractivity contribution is 0.277. The molecule has 0 aliphatic rings. The maximum atomic E-state index is 5.96. The molecule has 0 saturated heterocycles. The fourth-order valence-corrected chi connectivity index (χ4v) is 1.63. The zero-order chi connectivity index (χ0) is 12.0. The van der Waals surface area contributed by atoms with Gasteiger partial charge in [-0.3, -0.25) is 0 Å². The Balaban J connectivity index is 2.28. The summed E-state index contributed by atoms with van der Waals surface area (Å²) < 4.78 is 5.56. The Bertz CT molecular complexity index is 318. The first-order valence-electron chi connectivity index (χ1n) is 5.37. The van der Waals surface area contributed by atoms with Gasteiger partial charge < -0.3 is 15.4 Å². The summed E-state index contributed by atoms with van der Waals surface area (Å²) in [6, 6.07) is 7.60. The van der Waals surface area contributed by atoms with Gasteiger partial charge in [-0.15, -0.1) is 0 Å². The third kappa shape index (κ3) is 4.84. The van der Waals surface area contributed by atoms with E-state index in [4.69, 9.17) is 22.1 Å². The molecule has 0 aliphatic carbocycles. The van der Waals surface area contributed by atoms with Crippen molar-refractivity contribution < 1.29 is 4.74 Å². The van der Waals surface area contributed by atoms with E-state index in [-0.39, 0.29) is 6.04 Å². The van der Waals surface area contributed by atoms with E-state index in [0.29, 0.717) is 11.6 Å². The molecule has 0 bridgehead atoms. The smallest absolute Gasteiger partial charge is 0.137 e. The van der Waals surface area contributed by atoms with Crippen LogP contribution in [0.1, 0.15) is 6.42 Å². The van der Waals surface area contributed by atoms with Crippen molar-refractivity contribution in [3.05, 3.63) is 29.3 Å². The Kier molecular flexibility index (Phi) is 5.60. The molecule has 16 heavy (non-hydrogen) atoms. The first-order valence-corrected chi connectivity index (χ1v) is 5.75. The second kappa shape index (κ2) is 6.74. The Morgan fingerprint density at radius 1 is 1.38 bits per heavy atom. The average Bonchev–Trinajstić information content (AvgIpc) is 2.19. The van der Waals surface area contributed by atoms with Crippen molar-refractivity contribution in [1.82, 2.24) is 4.90 Å². The van der Waals surface area contributed by atoms with Gasteiger partial charge in [-0.05, 0) is 32.6 Å². The molecule has 0 radical (unpaired) electrons. The van der Waals surface area contributed by atoms with E-state index in [1.807, 2.05) is 38.4 Å². The first-order chi connectivity index (χ1) is 7.59. The fourth-order valence-electron chi connectivity index (χ4n) is 1.44. The third-order valence-corrected chi connectivity index (χ3v) is 2.49. The van der Waals surface area contributed by atoms with Crippen LogP contribution in [0.5, 0.6) is 5.75 Å². The molecule has 90 valence electrons. The largest absolute Gasteiger partial charge is 0.492 e. The van der Waals surface area contributed by atoms with Crippen molar-refractivity contribution in [1.29, 1.82) is 0 Å². The van der Waals surface area contributed by atoms with E-state index < -0.39 is 0 Å². The van der Waals surface area contributed by atoms with Crippen LogP contribution in [-0.4, -0.2) is 38.2 Å². The van der Waals surface area contributed by atoms with E-state index in [1.165, 1.54) is 0 Å². The summed E-state index contributed by atoms with van der Waals surface area (Å²) in [4.78, 5) is 2.07. The van der Waals surface area contributed by atoms with Crippen molar-refractivity contribution in [2.45, 2.75) is 12.5 Å². The van der Waals surface area contributed by atoms with Gasteiger partial charge in [0.1, 0.15) is 5.75 Å². The van der Waals surface area contributed by atoms with Gasteiger partial charge in [0, 0.05) is 12.6 Å². The number of hydrogen-bond acceptors (Lipinski definition) is 3. The molecule has 1 unspecified atom stereocenters. The van der Waals surface area contributed by atoms with Gasteiger partial charge in [0.15, 0.2) is 0 Å². The highest BCUT2D eigenvalue weighted by Crippen LogP contribution is 2.23. The van der Waals surface area contributed by atoms with Crippen LogP contribution in [0.2, 0.25) is 5.02 Å². The summed E-state index contributed by atoms with van der Waals surface area (Å²) in [5.74, 6) is 0.723. The SMILES string of the molecule is CN(C)CC(N)CCOc1ccccc1Cl. The summed E-state index contributed by atoms with van der Waals surface area (Å²) in [6.45, 7) is 1.46. The number of nitrogens with two attached hydrogens (primary N) is 1. The summed E-state index contributed by atoms with van der Waals surface area (Å²) in [7, 11) is 4.02. The molecule has 0 aliphatic heterocycles. The molecule has 0 heterocycles. The maximum Gasteiger partial charge on any atom is 0.137 e. The van der Waals surface area contributed by atoms with E-state index in [1.54, 1.807) is 0 Å². The Labute approximate surface area is 102 Å². The van der Waals surface area contributed by atoms with E-state index in [9.17, 15) is 0 Å². The van der Waals surface area contributed by atoms with Crippen molar-refractivity contribution in [2.24, 2.45) is 5.73 Å². The summed E-state index contributed by atoms with van der Waals surface area (Å²) in [5.41, 5.74) is 5.92. The number of hydrogen-bond donors (Lipinski definition) is 1. The molecule has 0 saturated carbocycles. The highest BCUT2D eigenvalue weighted by Gasteiger charge is 2.05. The van der Waals surface area contributed by atoms with Crippen molar-refractivity contribution in [2.75, 3.05) is 27.2 Å². The lowest BCUT2D eigenvalue weighted by Gasteiger charge is -2.17. The number of para-hydroxylation sites is 1. The quantitative estimate of drug-likeness (QED) is 0.829. The van der Waals surface area contributed by atoms with E-state index in [0.717, 1.165) is 18.7 Å². The monoisotopic (exact) mass is 242 g/mol. The molecule has 0 amide bonds. The van der Waals surface area contributed by atoms with Gasteiger partial charge in [0.05, 0.1) is 11.6 Å². The van der Waals surface area contributed by atoms with Crippen LogP contribution < -0.4 is 10.5 Å². The zero-order valence-corrected chi connectivity index (χ0v) is 10.6. The lowest BCUT2D eigenvalue weighted by Crippen LogP contribution is -2.34. The fraction of sp³-hybridized carbons (Fsp3) is 0.500. The molecule has 0 spiro atoms. The van der Waals surface area contributed by atoms with Crippen LogP contribution >= 0.6 is 11.6 Å². The van der Waals surface area contributed by atoms with Crippen molar-refractivity contribution in [3.8, 4) is 5.75 Å². The van der Waals surface area contributed by atoms with Crippen molar-refractivity contribution >= 4 is 11.6 Å². The third-order valence-electron chi connectivity index (χ3n) is 2.18. The zero-order valence-electron chi connectivity index (χ0n) is 9.82. The maximum absolute atomic E-state index is 5.96. The average molecular weight is 243 g/mol. The number of ether oxygens (including phenoxy) is 1. The van der Waals surface area contributed by atoms with Gasteiger partial charge in [-0.1, -0.05) is 23.7 Å². The molecule has 1 aromatic carbocycles. The van der Waals surface area contributed by atoms with Crippen LogP contribution in [-0.2, 0) is 0 Å². The standard InChI is InChI=1S/C12H19ClN2O/c1-15(2)9-10(14)7-8-16-12-6-4-3-5-11(12)13/h3-6,10H,7-9,14H2,1-2H3. The minimum atomic E-state index is 0.137. The van der Waals surface area contributed by atoms with Crippen LogP contribution in [0.3, 0.4) is 0 Å². The van der Waals surface area contributed by atoms with Gasteiger partial charge in [-0.2, -0.15) is 0 Å². The molecule has 2 N–H and O–H groups in total. The number of rotatable bonds is 6. The lowest BCUT2D eigenvalue weighted by atomic mass is 10.2. The van der Waals surface area contributed by atoms with Gasteiger partial charge >= 0.3 is 0 Å². The number of benzene rings is 1. The second-order valence-corrected chi connectivity index (χ2v) is 4.50. The number of likely N-dealkylation sites (N-methyl/N-ethyl adjacent to an activating group) is 1. The van der Waals surface area contributed by atoms with Crippen LogP contribution in [0.4, 0.5) is 0 Å². The Hall–Kier alpha value is -0.770. The number of nitrogens with zero attached hydrogens (tertiary/aromatic N) is 1. The molecule has 3 nitrogen and oxygen atoms in total. The molecular weight excluding hydrogens is 224 g/mol. The molecule has 4 heteroatoms.